The predicted molar refractivity (Wildman–Crippen MR) is 113 cm³/mol. The van der Waals surface area contributed by atoms with Crippen molar-refractivity contribution in [3.8, 4) is 11.6 Å². The lowest BCUT2D eigenvalue weighted by Crippen LogP contribution is -2.38. The minimum absolute atomic E-state index is 0.175. The average Bonchev–Trinajstić information content (AvgIpc) is 3.22. The van der Waals surface area contributed by atoms with Gasteiger partial charge in [-0.25, -0.2) is 4.98 Å². The highest BCUT2D eigenvalue weighted by atomic mass is 16.5. The average molecular weight is 399 g/mol. The summed E-state index contributed by atoms with van der Waals surface area (Å²) in [6.07, 6.45) is 1.79. The van der Waals surface area contributed by atoms with Gasteiger partial charge in [0.15, 0.2) is 6.10 Å². The third-order valence-corrected chi connectivity index (χ3v) is 4.90. The maximum atomic E-state index is 12.3. The summed E-state index contributed by atoms with van der Waals surface area (Å²) >= 11 is 0. The monoisotopic (exact) mass is 398 g/mol. The fourth-order valence-corrected chi connectivity index (χ4v) is 3.26. The highest BCUT2D eigenvalue weighted by Crippen LogP contribution is 2.22. The summed E-state index contributed by atoms with van der Waals surface area (Å²) in [4.78, 5) is 23.4. The predicted octanol–water partition coefficient (Wildman–Crippen LogP) is 2.96. The molecule has 1 amide bonds. The molecular formula is C22H30N4O3. The molecule has 0 saturated carbocycles. The van der Waals surface area contributed by atoms with E-state index in [2.05, 4.69) is 20.2 Å². The van der Waals surface area contributed by atoms with Crippen molar-refractivity contribution in [2.24, 2.45) is 0 Å². The molecule has 0 aliphatic carbocycles. The number of benzene rings is 1. The molecule has 29 heavy (non-hydrogen) atoms. The van der Waals surface area contributed by atoms with Gasteiger partial charge in [-0.1, -0.05) is 12.1 Å². The number of nitrogens with one attached hydrogen (secondary N) is 1. The first-order chi connectivity index (χ1) is 13.9. The normalized spacial score (nSPS) is 14.6. The molecule has 0 spiro atoms. The van der Waals surface area contributed by atoms with Crippen LogP contribution >= 0.6 is 0 Å². The molecule has 0 bridgehead atoms. The van der Waals surface area contributed by atoms with Gasteiger partial charge in [-0.05, 0) is 57.7 Å². The first-order valence-corrected chi connectivity index (χ1v) is 10.2. The Morgan fingerprint density at radius 2 is 1.93 bits per heavy atom. The van der Waals surface area contributed by atoms with Gasteiger partial charge in [0.25, 0.3) is 5.91 Å². The fraction of sp³-hybridized carbons (Fsp3) is 0.500. The number of carbonyl (C=O) groups is 1. The molecule has 1 aromatic heterocycles. The van der Waals surface area contributed by atoms with Gasteiger partial charge < -0.3 is 19.7 Å². The number of anilines is 1. The van der Waals surface area contributed by atoms with Crippen molar-refractivity contribution < 1.29 is 14.3 Å². The van der Waals surface area contributed by atoms with Gasteiger partial charge in [0.2, 0.25) is 5.88 Å². The molecule has 1 aliphatic rings. The van der Waals surface area contributed by atoms with Crippen LogP contribution < -0.4 is 19.7 Å². The molecule has 3 rings (SSSR count). The largest absolute Gasteiger partial charge is 0.481 e. The second-order valence-electron chi connectivity index (χ2n) is 7.47. The van der Waals surface area contributed by atoms with Crippen molar-refractivity contribution in [2.75, 3.05) is 31.1 Å². The summed E-state index contributed by atoms with van der Waals surface area (Å²) in [5.41, 5.74) is 2.10. The molecule has 1 aliphatic heterocycles. The zero-order valence-corrected chi connectivity index (χ0v) is 17.7. The lowest BCUT2D eigenvalue weighted by molar-refractivity contribution is -0.127. The summed E-state index contributed by atoms with van der Waals surface area (Å²) in [5.74, 6) is 2.68. The van der Waals surface area contributed by atoms with Crippen LogP contribution in [0, 0.1) is 20.8 Å². The molecule has 1 fully saturated rings. The van der Waals surface area contributed by atoms with Crippen molar-refractivity contribution in [1.82, 2.24) is 15.3 Å². The molecule has 2 aromatic rings. The van der Waals surface area contributed by atoms with Crippen LogP contribution in [0.1, 0.15) is 36.7 Å². The van der Waals surface area contributed by atoms with Crippen LogP contribution in [0.5, 0.6) is 11.6 Å². The zero-order valence-electron chi connectivity index (χ0n) is 17.7. The summed E-state index contributed by atoms with van der Waals surface area (Å²) in [7, 11) is 0. The highest BCUT2D eigenvalue weighted by molar-refractivity contribution is 5.80. The topological polar surface area (TPSA) is 76.6 Å². The second kappa shape index (κ2) is 9.58. The Bertz CT molecular complexity index is 850. The molecule has 7 heteroatoms. The van der Waals surface area contributed by atoms with Gasteiger partial charge in [-0.3, -0.25) is 4.79 Å². The van der Waals surface area contributed by atoms with Gasteiger partial charge in [-0.15, -0.1) is 0 Å². The van der Waals surface area contributed by atoms with Crippen molar-refractivity contribution in [2.45, 2.75) is 46.6 Å². The van der Waals surface area contributed by atoms with E-state index in [1.54, 1.807) is 6.92 Å². The Hall–Kier alpha value is -2.83. The standard InChI is InChI=1S/C22H30N4O3/c1-15-7-8-16(2)19(13-15)29-17(3)22(27)23-9-12-28-21-14-20(24-18(4)25-21)26-10-5-6-11-26/h7-8,13-14,17H,5-6,9-12H2,1-4H3,(H,23,27). The van der Waals surface area contributed by atoms with Gasteiger partial charge in [0, 0.05) is 19.2 Å². The molecule has 156 valence electrons. The third kappa shape index (κ3) is 5.82. The number of hydrogen-bond donors (Lipinski definition) is 1. The van der Waals surface area contributed by atoms with Gasteiger partial charge >= 0.3 is 0 Å². The number of hydrogen-bond acceptors (Lipinski definition) is 6. The molecule has 7 nitrogen and oxygen atoms in total. The Balaban J connectivity index is 1.46. The minimum Gasteiger partial charge on any atom is -0.481 e. The van der Waals surface area contributed by atoms with E-state index >= 15 is 0 Å². The second-order valence-corrected chi connectivity index (χ2v) is 7.47. The first-order valence-electron chi connectivity index (χ1n) is 10.2. The van der Waals surface area contributed by atoms with Gasteiger partial charge in [0.1, 0.15) is 24.0 Å². The fourth-order valence-electron chi connectivity index (χ4n) is 3.26. The van der Waals surface area contributed by atoms with Crippen LogP contribution in [-0.4, -0.2) is 48.2 Å². The first kappa shape index (κ1) is 20.9. The van der Waals surface area contributed by atoms with E-state index in [1.165, 1.54) is 12.8 Å². The smallest absolute Gasteiger partial charge is 0.260 e. The molecule has 1 unspecified atom stereocenters. The SMILES string of the molecule is Cc1ccc(C)c(OC(C)C(=O)NCCOc2cc(N3CCCC3)nc(C)n2)c1. The van der Waals surface area contributed by atoms with Gasteiger partial charge in [-0.2, -0.15) is 4.98 Å². The number of aromatic nitrogens is 2. The van der Waals surface area contributed by atoms with E-state index in [4.69, 9.17) is 9.47 Å². The summed E-state index contributed by atoms with van der Waals surface area (Å²) in [6.45, 7) is 10.3. The number of nitrogens with zero attached hydrogens (tertiary/aromatic N) is 3. The molecule has 0 radical (unpaired) electrons. The quantitative estimate of drug-likeness (QED) is 0.689. The Labute approximate surface area is 172 Å². The van der Waals surface area contributed by atoms with E-state index < -0.39 is 6.10 Å². The summed E-state index contributed by atoms with van der Waals surface area (Å²) < 4.78 is 11.5. The van der Waals surface area contributed by atoms with E-state index in [9.17, 15) is 4.79 Å². The number of carbonyl (C=O) groups excluding carboxylic acids is 1. The number of rotatable bonds is 8. The molecular weight excluding hydrogens is 368 g/mol. The van der Waals surface area contributed by atoms with Crippen LogP contribution in [0.3, 0.4) is 0 Å². The molecule has 1 N–H and O–H groups in total. The summed E-state index contributed by atoms with van der Waals surface area (Å²) in [6, 6.07) is 7.82. The van der Waals surface area contributed by atoms with Crippen LogP contribution in [0.25, 0.3) is 0 Å². The van der Waals surface area contributed by atoms with Crippen molar-refractivity contribution in [1.29, 1.82) is 0 Å². The Kier molecular flexibility index (Phi) is 6.90. The maximum absolute atomic E-state index is 12.3. The summed E-state index contributed by atoms with van der Waals surface area (Å²) in [5, 5.41) is 2.85. The lowest BCUT2D eigenvalue weighted by Gasteiger charge is -2.18. The molecule has 1 aromatic carbocycles. The van der Waals surface area contributed by atoms with Crippen LogP contribution in [-0.2, 0) is 4.79 Å². The Morgan fingerprint density at radius 1 is 1.17 bits per heavy atom. The van der Waals surface area contributed by atoms with Crippen molar-refractivity contribution in [3.05, 3.63) is 41.2 Å². The van der Waals surface area contributed by atoms with Crippen LogP contribution in [0.4, 0.5) is 5.82 Å². The molecule has 1 atom stereocenters. The zero-order chi connectivity index (χ0) is 20.8. The van der Waals surface area contributed by atoms with E-state index in [0.717, 1.165) is 35.8 Å². The van der Waals surface area contributed by atoms with E-state index in [1.807, 2.05) is 45.0 Å². The van der Waals surface area contributed by atoms with Crippen molar-refractivity contribution >= 4 is 11.7 Å². The maximum Gasteiger partial charge on any atom is 0.260 e. The lowest BCUT2D eigenvalue weighted by atomic mass is 10.1. The number of ether oxygens (including phenoxy) is 2. The van der Waals surface area contributed by atoms with Gasteiger partial charge in [0.05, 0.1) is 6.54 Å². The molecule has 2 heterocycles. The number of amides is 1. The van der Waals surface area contributed by atoms with Crippen LogP contribution in [0.2, 0.25) is 0 Å². The third-order valence-electron chi connectivity index (χ3n) is 4.90. The van der Waals surface area contributed by atoms with Crippen LogP contribution in [0.15, 0.2) is 24.3 Å². The Morgan fingerprint density at radius 3 is 2.69 bits per heavy atom. The van der Waals surface area contributed by atoms with Crippen molar-refractivity contribution in [3.63, 3.8) is 0 Å². The highest BCUT2D eigenvalue weighted by Gasteiger charge is 2.17. The minimum atomic E-state index is -0.585. The van der Waals surface area contributed by atoms with E-state index in [-0.39, 0.29) is 5.91 Å². The number of aryl methyl sites for hydroxylation is 3. The van der Waals surface area contributed by atoms with E-state index in [0.29, 0.717) is 24.9 Å². The molecule has 1 saturated heterocycles.